The molecule has 5 heteroatoms. The number of primary sulfonamides is 1. The summed E-state index contributed by atoms with van der Waals surface area (Å²) >= 11 is 0. The lowest BCUT2D eigenvalue weighted by Crippen LogP contribution is -2.13. The van der Waals surface area contributed by atoms with Crippen LogP contribution in [-0.2, 0) is 10.0 Å². The highest BCUT2D eigenvalue weighted by Crippen LogP contribution is 2.42. The number of aliphatic hydroxyl groups excluding tert-OH is 1. The number of benzene rings is 2. The Morgan fingerprint density at radius 1 is 1.09 bits per heavy atom. The smallest absolute Gasteiger partial charge is 0.238 e. The average Bonchev–Trinajstić information content (AvgIpc) is 3.03. The molecular weight excluding hydrogens is 310 g/mol. The standard InChI is InChI=1S/C18H21NO3S/c19-23(21,22)16-8-9-17(14-4-2-1-3-5-14)18(11-16)15-7-6-13(10-15)12-20/h1-5,8-9,11,13,15,20H,6-7,10,12H2,(H2,19,21,22)/t13-,15-/m0/s1. The molecule has 3 N–H and O–H groups in total. The zero-order valence-corrected chi connectivity index (χ0v) is 13.7. The van der Waals surface area contributed by atoms with E-state index in [2.05, 4.69) is 0 Å². The van der Waals surface area contributed by atoms with Gasteiger partial charge in [-0.3, -0.25) is 0 Å². The second-order valence-corrected chi connectivity index (χ2v) is 7.78. The van der Waals surface area contributed by atoms with E-state index in [4.69, 9.17) is 5.14 Å². The monoisotopic (exact) mass is 331 g/mol. The summed E-state index contributed by atoms with van der Waals surface area (Å²) in [4.78, 5) is 0.152. The lowest BCUT2D eigenvalue weighted by atomic mass is 9.89. The Labute approximate surface area is 137 Å². The van der Waals surface area contributed by atoms with E-state index in [9.17, 15) is 13.5 Å². The second kappa shape index (κ2) is 6.43. The highest BCUT2D eigenvalue weighted by atomic mass is 32.2. The minimum absolute atomic E-state index is 0.152. The van der Waals surface area contributed by atoms with Crippen LogP contribution in [0.25, 0.3) is 11.1 Å². The molecule has 23 heavy (non-hydrogen) atoms. The Morgan fingerprint density at radius 2 is 1.83 bits per heavy atom. The van der Waals surface area contributed by atoms with E-state index in [0.29, 0.717) is 5.92 Å². The largest absolute Gasteiger partial charge is 0.396 e. The third kappa shape index (κ3) is 3.47. The Balaban J connectivity index is 2.09. The maximum atomic E-state index is 11.7. The van der Waals surface area contributed by atoms with Crippen LogP contribution in [0.4, 0.5) is 0 Å². The van der Waals surface area contributed by atoms with Crippen LogP contribution < -0.4 is 5.14 Å². The number of aliphatic hydroxyl groups is 1. The van der Waals surface area contributed by atoms with Gasteiger partial charge in [-0.05, 0) is 59.9 Å². The van der Waals surface area contributed by atoms with E-state index in [-0.39, 0.29) is 17.4 Å². The quantitative estimate of drug-likeness (QED) is 0.904. The molecule has 0 bridgehead atoms. The maximum Gasteiger partial charge on any atom is 0.238 e. The molecule has 0 spiro atoms. The number of sulfonamides is 1. The lowest BCUT2D eigenvalue weighted by Gasteiger charge is -2.17. The van der Waals surface area contributed by atoms with Gasteiger partial charge in [0, 0.05) is 6.61 Å². The normalized spacial score (nSPS) is 21.5. The van der Waals surface area contributed by atoms with Gasteiger partial charge in [0.25, 0.3) is 0 Å². The fourth-order valence-electron chi connectivity index (χ4n) is 3.46. The maximum absolute atomic E-state index is 11.7. The van der Waals surface area contributed by atoms with Gasteiger partial charge in [0.1, 0.15) is 0 Å². The molecule has 0 heterocycles. The van der Waals surface area contributed by atoms with Gasteiger partial charge < -0.3 is 5.11 Å². The van der Waals surface area contributed by atoms with Crippen molar-refractivity contribution in [1.82, 2.24) is 0 Å². The first kappa shape index (κ1) is 16.2. The third-order valence-corrected chi connectivity index (χ3v) is 5.59. The van der Waals surface area contributed by atoms with Gasteiger partial charge >= 0.3 is 0 Å². The fraction of sp³-hybridized carbons (Fsp3) is 0.333. The minimum Gasteiger partial charge on any atom is -0.396 e. The first-order valence-electron chi connectivity index (χ1n) is 7.82. The predicted molar refractivity (Wildman–Crippen MR) is 90.4 cm³/mol. The molecule has 2 aromatic rings. The fourth-order valence-corrected chi connectivity index (χ4v) is 4.01. The molecule has 0 aliphatic heterocycles. The Morgan fingerprint density at radius 3 is 2.43 bits per heavy atom. The van der Waals surface area contributed by atoms with E-state index in [0.717, 1.165) is 36.0 Å². The molecule has 0 aromatic heterocycles. The van der Waals surface area contributed by atoms with Crippen LogP contribution in [0.5, 0.6) is 0 Å². The first-order chi connectivity index (χ1) is 11.0. The molecule has 1 aliphatic rings. The molecule has 0 amide bonds. The highest BCUT2D eigenvalue weighted by molar-refractivity contribution is 7.89. The molecule has 122 valence electrons. The van der Waals surface area contributed by atoms with E-state index in [1.54, 1.807) is 12.1 Å². The molecule has 0 unspecified atom stereocenters. The van der Waals surface area contributed by atoms with Gasteiger partial charge in [-0.2, -0.15) is 0 Å². The van der Waals surface area contributed by atoms with Crippen molar-refractivity contribution in [3.05, 3.63) is 54.1 Å². The summed E-state index contributed by atoms with van der Waals surface area (Å²) in [7, 11) is -3.72. The molecule has 0 radical (unpaired) electrons. The molecule has 1 fully saturated rings. The van der Waals surface area contributed by atoms with Gasteiger partial charge in [0.2, 0.25) is 10.0 Å². The molecule has 1 saturated carbocycles. The zero-order valence-electron chi connectivity index (χ0n) is 12.9. The summed E-state index contributed by atoms with van der Waals surface area (Å²) in [5.41, 5.74) is 3.12. The summed E-state index contributed by atoms with van der Waals surface area (Å²) in [5, 5.41) is 14.7. The second-order valence-electron chi connectivity index (χ2n) is 6.22. The van der Waals surface area contributed by atoms with Gasteiger partial charge in [-0.15, -0.1) is 0 Å². The summed E-state index contributed by atoms with van der Waals surface area (Å²) in [6.07, 6.45) is 2.80. The van der Waals surface area contributed by atoms with E-state index in [1.807, 2.05) is 36.4 Å². The van der Waals surface area contributed by atoms with Gasteiger partial charge in [0.05, 0.1) is 4.90 Å². The van der Waals surface area contributed by atoms with Crippen molar-refractivity contribution in [3.8, 4) is 11.1 Å². The van der Waals surface area contributed by atoms with E-state index in [1.165, 1.54) is 0 Å². The van der Waals surface area contributed by atoms with E-state index < -0.39 is 10.0 Å². The average molecular weight is 331 g/mol. The summed E-state index contributed by atoms with van der Waals surface area (Å²) in [6, 6.07) is 15.1. The minimum atomic E-state index is -3.72. The summed E-state index contributed by atoms with van der Waals surface area (Å²) < 4.78 is 23.4. The van der Waals surface area contributed by atoms with Crippen LogP contribution in [0.15, 0.2) is 53.4 Å². The van der Waals surface area contributed by atoms with Crippen LogP contribution >= 0.6 is 0 Å². The summed E-state index contributed by atoms with van der Waals surface area (Å²) in [6.45, 7) is 0.187. The van der Waals surface area contributed by atoms with Crippen molar-refractivity contribution in [2.24, 2.45) is 11.1 Å². The molecule has 1 aliphatic carbocycles. The van der Waals surface area contributed by atoms with Gasteiger partial charge in [-0.1, -0.05) is 36.4 Å². The van der Waals surface area contributed by atoms with Crippen molar-refractivity contribution in [2.45, 2.75) is 30.1 Å². The number of nitrogens with two attached hydrogens (primary N) is 1. The molecule has 0 saturated heterocycles. The van der Waals surface area contributed by atoms with Crippen LogP contribution in [0, 0.1) is 5.92 Å². The SMILES string of the molecule is NS(=O)(=O)c1ccc(-c2ccccc2)c([C@H]2CC[C@H](CO)C2)c1. The van der Waals surface area contributed by atoms with Crippen molar-refractivity contribution >= 4 is 10.0 Å². The van der Waals surface area contributed by atoms with Crippen LogP contribution in [0.3, 0.4) is 0 Å². The van der Waals surface area contributed by atoms with Crippen molar-refractivity contribution in [2.75, 3.05) is 6.61 Å². The topological polar surface area (TPSA) is 80.4 Å². The van der Waals surface area contributed by atoms with Crippen molar-refractivity contribution < 1.29 is 13.5 Å². The van der Waals surface area contributed by atoms with Crippen LogP contribution in [-0.4, -0.2) is 20.1 Å². The number of rotatable bonds is 4. The highest BCUT2D eigenvalue weighted by Gasteiger charge is 2.28. The van der Waals surface area contributed by atoms with Crippen molar-refractivity contribution in [3.63, 3.8) is 0 Å². The Hall–Kier alpha value is -1.69. The molecule has 4 nitrogen and oxygen atoms in total. The Bertz CT molecular complexity index is 787. The van der Waals surface area contributed by atoms with Crippen LogP contribution in [0.1, 0.15) is 30.7 Å². The first-order valence-corrected chi connectivity index (χ1v) is 9.36. The van der Waals surface area contributed by atoms with Gasteiger partial charge in [0.15, 0.2) is 0 Å². The third-order valence-electron chi connectivity index (χ3n) is 4.68. The summed E-state index contributed by atoms with van der Waals surface area (Å²) in [5.74, 6) is 0.547. The molecule has 2 atom stereocenters. The molecular formula is C18H21NO3S. The van der Waals surface area contributed by atoms with Crippen LogP contribution in [0.2, 0.25) is 0 Å². The zero-order chi connectivity index (χ0) is 16.4. The molecule has 2 aromatic carbocycles. The lowest BCUT2D eigenvalue weighted by molar-refractivity contribution is 0.229. The van der Waals surface area contributed by atoms with E-state index >= 15 is 0 Å². The predicted octanol–water partition coefficient (Wildman–Crippen LogP) is 2.88. The Kier molecular flexibility index (Phi) is 4.53. The molecule has 3 rings (SSSR count). The number of hydrogen-bond acceptors (Lipinski definition) is 3. The van der Waals surface area contributed by atoms with Crippen molar-refractivity contribution in [1.29, 1.82) is 0 Å². The van der Waals surface area contributed by atoms with Gasteiger partial charge in [-0.25, -0.2) is 13.6 Å². The number of hydrogen-bond donors (Lipinski definition) is 2.